The lowest BCUT2D eigenvalue weighted by Crippen LogP contribution is -2.42. The van der Waals surface area contributed by atoms with Crippen LogP contribution in [0.1, 0.15) is 25.3 Å². The second-order valence-electron chi connectivity index (χ2n) is 7.67. The number of benzene rings is 2. The number of carbonyl (C=O) groups is 1. The molecule has 174 valence electrons. The third-order valence-electron chi connectivity index (χ3n) is 5.42. The molecule has 0 amide bonds. The van der Waals surface area contributed by atoms with Crippen LogP contribution in [-0.2, 0) is 36.1 Å². The first kappa shape index (κ1) is 24.4. The molecular formula is C22H28N2O6S2. The molecule has 0 aliphatic carbocycles. The fourth-order valence-electron chi connectivity index (χ4n) is 3.65. The number of hydrogen-bond acceptors (Lipinski definition) is 6. The summed E-state index contributed by atoms with van der Waals surface area (Å²) < 4.78 is 59.4. The zero-order chi connectivity index (χ0) is 23.4. The summed E-state index contributed by atoms with van der Waals surface area (Å²) in [6.45, 7) is 2.52. The predicted molar refractivity (Wildman–Crippen MR) is 120 cm³/mol. The van der Waals surface area contributed by atoms with E-state index in [1.54, 1.807) is 6.92 Å². The molecular weight excluding hydrogens is 452 g/mol. The minimum absolute atomic E-state index is 0.00771. The highest BCUT2D eigenvalue weighted by Gasteiger charge is 2.34. The van der Waals surface area contributed by atoms with Crippen molar-refractivity contribution >= 4 is 26.0 Å². The van der Waals surface area contributed by atoms with Crippen LogP contribution in [0.5, 0.6) is 0 Å². The molecule has 10 heteroatoms. The normalized spacial score (nSPS) is 17.9. The number of hydrogen-bond donors (Lipinski definition) is 0. The van der Waals surface area contributed by atoms with E-state index in [9.17, 15) is 21.6 Å². The van der Waals surface area contributed by atoms with Crippen LogP contribution in [0.15, 0.2) is 64.4 Å². The molecule has 1 aliphatic heterocycles. The molecule has 0 aromatic heterocycles. The average molecular weight is 481 g/mol. The predicted octanol–water partition coefficient (Wildman–Crippen LogP) is 2.47. The van der Waals surface area contributed by atoms with Gasteiger partial charge in [-0.15, -0.1) is 0 Å². The monoisotopic (exact) mass is 480 g/mol. The molecule has 2 aromatic rings. The standard InChI is InChI=1S/C22H28N2O6S2/c1-3-30-22(25)19-10-7-15-24(17-19)32(28,29)21-13-11-20(12-14-21)31(26,27)23(2)16-18-8-5-4-6-9-18/h4-6,8-9,11-14,19H,3,7,10,15-17H2,1-2H3/t19-/m1/s1. The molecule has 1 aliphatic rings. The van der Waals surface area contributed by atoms with Crippen LogP contribution in [0.3, 0.4) is 0 Å². The van der Waals surface area contributed by atoms with Crippen molar-refractivity contribution in [1.29, 1.82) is 0 Å². The van der Waals surface area contributed by atoms with Crippen molar-refractivity contribution in [3.8, 4) is 0 Å². The third kappa shape index (κ3) is 5.37. The highest BCUT2D eigenvalue weighted by atomic mass is 32.2. The van der Waals surface area contributed by atoms with E-state index in [0.717, 1.165) is 5.56 Å². The summed E-state index contributed by atoms with van der Waals surface area (Å²) in [5.74, 6) is -0.889. The molecule has 1 fully saturated rings. The van der Waals surface area contributed by atoms with Gasteiger partial charge in [-0.2, -0.15) is 8.61 Å². The van der Waals surface area contributed by atoms with Crippen LogP contribution >= 0.6 is 0 Å². The number of ether oxygens (including phenoxy) is 1. The molecule has 0 N–H and O–H groups in total. The summed E-state index contributed by atoms with van der Waals surface area (Å²) in [4.78, 5) is 12.0. The van der Waals surface area contributed by atoms with Gasteiger partial charge in [0, 0.05) is 26.7 Å². The van der Waals surface area contributed by atoms with Gasteiger partial charge in [0.15, 0.2) is 0 Å². The average Bonchev–Trinajstić information content (AvgIpc) is 2.80. The SMILES string of the molecule is CCOC(=O)[C@@H]1CCCN(S(=O)(=O)c2ccc(S(=O)(=O)N(C)Cc3ccccc3)cc2)C1. The summed E-state index contributed by atoms with van der Waals surface area (Å²) in [6.07, 6.45) is 1.13. The van der Waals surface area contributed by atoms with Crippen molar-refractivity contribution in [3.05, 3.63) is 60.2 Å². The van der Waals surface area contributed by atoms with Gasteiger partial charge in [0.2, 0.25) is 20.0 Å². The topological polar surface area (TPSA) is 101 Å². The Kier molecular flexibility index (Phi) is 7.71. The summed E-state index contributed by atoms with van der Waals surface area (Å²) >= 11 is 0. The lowest BCUT2D eigenvalue weighted by molar-refractivity contribution is -0.149. The van der Waals surface area contributed by atoms with Gasteiger partial charge in [0.25, 0.3) is 0 Å². The summed E-state index contributed by atoms with van der Waals surface area (Å²) in [5.41, 5.74) is 0.846. The van der Waals surface area contributed by atoms with Crippen molar-refractivity contribution in [2.75, 3.05) is 26.7 Å². The fourth-order valence-corrected chi connectivity index (χ4v) is 6.33. The van der Waals surface area contributed by atoms with E-state index in [2.05, 4.69) is 0 Å². The maximum Gasteiger partial charge on any atom is 0.310 e. The molecule has 1 heterocycles. The second-order valence-corrected chi connectivity index (χ2v) is 11.7. The maximum absolute atomic E-state index is 13.1. The largest absolute Gasteiger partial charge is 0.466 e. The number of piperidine rings is 1. The lowest BCUT2D eigenvalue weighted by Gasteiger charge is -2.30. The third-order valence-corrected chi connectivity index (χ3v) is 9.12. The van der Waals surface area contributed by atoms with Crippen molar-refractivity contribution in [3.63, 3.8) is 0 Å². The molecule has 0 unspecified atom stereocenters. The van der Waals surface area contributed by atoms with Crippen LogP contribution in [-0.4, -0.2) is 58.2 Å². The first-order valence-electron chi connectivity index (χ1n) is 10.4. The van der Waals surface area contributed by atoms with Crippen LogP contribution in [0.2, 0.25) is 0 Å². The molecule has 1 atom stereocenters. The first-order valence-corrected chi connectivity index (χ1v) is 13.3. The number of nitrogens with zero attached hydrogens (tertiary/aromatic N) is 2. The van der Waals surface area contributed by atoms with Crippen LogP contribution < -0.4 is 0 Å². The summed E-state index contributed by atoms with van der Waals surface area (Å²) in [6, 6.07) is 14.4. The van der Waals surface area contributed by atoms with E-state index in [-0.39, 0.29) is 29.5 Å². The minimum atomic E-state index is -3.86. The van der Waals surface area contributed by atoms with Gasteiger partial charge in [0.05, 0.1) is 22.3 Å². The fraction of sp³-hybridized carbons (Fsp3) is 0.409. The summed E-state index contributed by atoms with van der Waals surface area (Å²) in [7, 11) is -6.16. The van der Waals surface area contributed by atoms with Crippen LogP contribution in [0.4, 0.5) is 0 Å². The van der Waals surface area contributed by atoms with E-state index < -0.39 is 31.9 Å². The quantitative estimate of drug-likeness (QED) is 0.538. The summed E-state index contributed by atoms with van der Waals surface area (Å²) in [5, 5.41) is 0. The Bertz CT molecular complexity index is 1130. The van der Waals surface area contributed by atoms with Crippen molar-refractivity contribution in [2.24, 2.45) is 5.92 Å². The zero-order valence-corrected chi connectivity index (χ0v) is 19.8. The Morgan fingerprint density at radius 3 is 2.28 bits per heavy atom. The zero-order valence-electron chi connectivity index (χ0n) is 18.2. The minimum Gasteiger partial charge on any atom is -0.466 e. The molecule has 0 bridgehead atoms. The Morgan fingerprint density at radius 1 is 1.03 bits per heavy atom. The van der Waals surface area contributed by atoms with E-state index >= 15 is 0 Å². The molecule has 0 spiro atoms. The highest BCUT2D eigenvalue weighted by molar-refractivity contribution is 7.89. The highest BCUT2D eigenvalue weighted by Crippen LogP contribution is 2.26. The first-order chi connectivity index (χ1) is 15.2. The van der Waals surface area contributed by atoms with E-state index in [1.807, 2.05) is 30.3 Å². The van der Waals surface area contributed by atoms with Gasteiger partial charge in [-0.3, -0.25) is 4.79 Å². The number of sulfonamides is 2. The Labute approximate surface area is 189 Å². The van der Waals surface area contributed by atoms with Gasteiger partial charge in [-0.1, -0.05) is 30.3 Å². The number of rotatable bonds is 8. The van der Waals surface area contributed by atoms with Gasteiger partial charge in [0.1, 0.15) is 0 Å². The molecule has 2 aromatic carbocycles. The van der Waals surface area contributed by atoms with Gasteiger partial charge >= 0.3 is 5.97 Å². The van der Waals surface area contributed by atoms with Crippen molar-refractivity contribution in [2.45, 2.75) is 36.1 Å². The maximum atomic E-state index is 13.1. The molecule has 3 rings (SSSR count). The number of carbonyl (C=O) groups excluding carboxylic acids is 1. The van der Waals surface area contributed by atoms with Gasteiger partial charge in [-0.05, 0) is 49.6 Å². The Morgan fingerprint density at radius 2 is 1.66 bits per heavy atom. The molecule has 0 radical (unpaired) electrons. The second kappa shape index (κ2) is 10.1. The van der Waals surface area contributed by atoms with E-state index in [0.29, 0.717) is 19.4 Å². The lowest BCUT2D eigenvalue weighted by atomic mass is 10.0. The Hall–Kier alpha value is -2.27. The van der Waals surface area contributed by atoms with Crippen LogP contribution in [0, 0.1) is 5.92 Å². The Balaban J connectivity index is 1.75. The van der Waals surface area contributed by atoms with Gasteiger partial charge < -0.3 is 4.74 Å². The molecule has 0 saturated carbocycles. The molecule has 8 nitrogen and oxygen atoms in total. The van der Waals surface area contributed by atoms with E-state index in [1.165, 1.54) is 39.9 Å². The molecule has 32 heavy (non-hydrogen) atoms. The number of esters is 1. The van der Waals surface area contributed by atoms with Crippen LogP contribution in [0.25, 0.3) is 0 Å². The smallest absolute Gasteiger partial charge is 0.310 e. The van der Waals surface area contributed by atoms with E-state index in [4.69, 9.17) is 4.74 Å². The van der Waals surface area contributed by atoms with Crippen molar-refractivity contribution < 1.29 is 26.4 Å². The van der Waals surface area contributed by atoms with Gasteiger partial charge in [-0.25, -0.2) is 16.8 Å². The van der Waals surface area contributed by atoms with Crippen molar-refractivity contribution in [1.82, 2.24) is 8.61 Å². The molecule has 1 saturated heterocycles.